The van der Waals surface area contributed by atoms with Crippen LogP contribution < -0.4 is 4.74 Å². The topological polar surface area (TPSA) is 35.5 Å². The van der Waals surface area contributed by atoms with E-state index < -0.39 is 0 Å². The van der Waals surface area contributed by atoms with Gasteiger partial charge in [0.2, 0.25) is 0 Å². The Kier molecular flexibility index (Phi) is 6.03. The van der Waals surface area contributed by atoms with Gasteiger partial charge in [-0.1, -0.05) is 26.0 Å². The molecule has 0 saturated carbocycles. The first-order chi connectivity index (χ1) is 8.95. The zero-order valence-corrected chi connectivity index (χ0v) is 12.5. The Morgan fingerprint density at radius 1 is 1.21 bits per heavy atom. The monoisotopic (exact) mass is 264 g/mol. The van der Waals surface area contributed by atoms with Crippen molar-refractivity contribution >= 4 is 5.78 Å². The van der Waals surface area contributed by atoms with Gasteiger partial charge in [0.15, 0.2) is 5.78 Å². The molecule has 1 unspecified atom stereocenters. The highest BCUT2D eigenvalue weighted by Crippen LogP contribution is 2.19. The average molecular weight is 264 g/mol. The van der Waals surface area contributed by atoms with E-state index in [1.807, 2.05) is 52.8 Å². The molecule has 0 saturated heterocycles. The molecule has 106 valence electrons. The molecule has 0 aliphatic carbocycles. The first-order valence-electron chi connectivity index (χ1n) is 6.88. The van der Waals surface area contributed by atoms with E-state index in [2.05, 4.69) is 0 Å². The van der Waals surface area contributed by atoms with E-state index in [9.17, 15) is 4.79 Å². The van der Waals surface area contributed by atoms with Crippen LogP contribution in [0, 0.1) is 5.92 Å². The van der Waals surface area contributed by atoms with Gasteiger partial charge in [0.05, 0.1) is 6.10 Å². The molecule has 1 aromatic rings. The Bertz CT molecular complexity index is 410. The molecule has 1 aromatic carbocycles. The van der Waals surface area contributed by atoms with E-state index in [4.69, 9.17) is 9.47 Å². The largest absolute Gasteiger partial charge is 0.491 e. The van der Waals surface area contributed by atoms with Gasteiger partial charge in [-0.05, 0) is 38.8 Å². The molecule has 0 spiro atoms. The first-order valence-corrected chi connectivity index (χ1v) is 6.88. The van der Waals surface area contributed by atoms with Crippen LogP contribution >= 0.6 is 0 Å². The number of ketones is 1. The lowest BCUT2D eigenvalue weighted by Crippen LogP contribution is -2.29. The van der Waals surface area contributed by atoms with Crippen molar-refractivity contribution in [3.8, 4) is 5.75 Å². The second kappa shape index (κ2) is 7.29. The first kappa shape index (κ1) is 15.7. The highest BCUT2D eigenvalue weighted by Gasteiger charge is 2.24. The lowest BCUT2D eigenvalue weighted by Gasteiger charge is -2.20. The fourth-order valence-corrected chi connectivity index (χ4v) is 1.91. The van der Waals surface area contributed by atoms with Crippen molar-refractivity contribution in [2.45, 2.75) is 46.8 Å². The quantitative estimate of drug-likeness (QED) is 0.704. The van der Waals surface area contributed by atoms with Crippen LogP contribution in [0.25, 0.3) is 0 Å². The van der Waals surface area contributed by atoms with Crippen LogP contribution in [0.5, 0.6) is 5.75 Å². The second-order valence-electron chi connectivity index (χ2n) is 5.18. The van der Waals surface area contributed by atoms with Gasteiger partial charge >= 0.3 is 0 Å². The molecule has 0 N–H and O–H groups in total. The molecule has 0 bridgehead atoms. The summed E-state index contributed by atoms with van der Waals surface area (Å²) < 4.78 is 11.2. The second-order valence-corrected chi connectivity index (χ2v) is 5.18. The predicted octanol–water partition coefficient (Wildman–Crippen LogP) is 3.72. The van der Waals surface area contributed by atoms with Crippen molar-refractivity contribution in [3.63, 3.8) is 0 Å². The van der Waals surface area contributed by atoms with Crippen LogP contribution in [-0.2, 0) is 4.74 Å². The molecular formula is C16H24O3. The molecule has 19 heavy (non-hydrogen) atoms. The molecule has 0 amide bonds. The number of Topliss-reactive ketones (excluding diaryl/α,β-unsaturated/α-hetero) is 1. The van der Waals surface area contributed by atoms with Crippen LogP contribution in [0.1, 0.15) is 45.0 Å². The van der Waals surface area contributed by atoms with Crippen LogP contribution in [0.15, 0.2) is 24.3 Å². The van der Waals surface area contributed by atoms with E-state index in [1.165, 1.54) is 0 Å². The lowest BCUT2D eigenvalue weighted by molar-refractivity contribution is 0.0279. The van der Waals surface area contributed by atoms with Crippen molar-refractivity contribution in [1.29, 1.82) is 0 Å². The standard InChI is InChI=1S/C16H24O3/c1-6-18-16(11(2)3)15(17)13-8-7-9-14(10-13)19-12(4)5/h7-12,16H,6H2,1-5H3. The van der Waals surface area contributed by atoms with Crippen LogP contribution in [0.4, 0.5) is 0 Å². The number of rotatable bonds is 7. The van der Waals surface area contributed by atoms with E-state index in [1.54, 1.807) is 6.07 Å². The summed E-state index contributed by atoms with van der Waals surface area (Å²) in [6.07, 6.45) is -0.294. The molecule has 1 rings (SSSR count). The zero-order chi connectivity index (χ0) is 14.4. The average Bonchev–Trinajstić information content (AvgIpc) is 2.34. The van der Waals surface area contributed by atoms with Crippen molar-refractivity contribution in [3.05, 3.63) is 29.8 Å². The van der Waals surface area contributed by atoms with E-state index in [0.717, 1.165) is 5.75 Å². The third-order valence-electron chi connectivity index (χ3n) is 2.70. The number of benzene rings is 1. The van der Waals surface area contributed by atoms with Crippen molar-refractivity contribution in [2.24, 2.45) is 5.92 Å². The molecule has 0 aromatic heterocycles. The van der Waals surface area contributed by atoms with Crippen molar-refractivity contribution in [1.82, 2.24) is 0 Å². The summed E-state index contributed by atoms with van der Waals surface area (Å²) >= 11 is 0. The van der Waals surface area contributed by atoms with Gasteiger partial charge < -0.3 is 9.47 Å². The Morgan fingerprint density at radius 3 is 2.42 bits per heavy atom. The van der Waals surface area contributed by atoms with Gasteiger partial charge in [0, 0.05) is 12.2 Å². The summed E-state index contributed by atoms with van der Waals surface area (Å²) in [5.74, 6) is 0.896. The van der Waals surface area contributed by atoms with Gasteiger partial charge in [0.1, 0.15) is 11.9 Å². The summed E-state index contributed by atoms with van der Waals surface area (Å²) in [6.45, 7) is 10.4. The van der Waals surface area contributed by atoms with E-state index >= 15 is 0 Å². The number of hydrogen-bond donors (Lipinski definition) is 0. The Hall–Kier alpha value is -1.35. The van der Waals surface area contributed by atoms with Crippen LogP contribution in [0.3, 0.4) is 0 Å². The summed E-state index contributed by atoms with van der Waals surface area (Å²) in [4.78, 5) is 12.4. The lowest BCUT2D eigenvalue weighted by atomic mass is 9.97. The normalized spacial score (nSPS) is 12.8. The minimum absolute atomic E-state index is 0.0195. The SMILES string of the molecule is CCOC(C(=O)c1cccc(OC(C)C)c1)C(C)C. The van der Waals surface area contributed by atoms with E-state index in [0.29, 0.717) is 12.2 Å². The van der Waals surface area contributed by atoms with E-state index in [-0.39, 0.29) is 23.9 Å². The van der Waals surface area contributed by atoms with Crippen LogP contribution in [-0.4, -0.2) is 24.6 Å². The smallest absolute Gasteiger partial charge is 0.191 e. The minimum atomic E-state index is -0.390. The molecule has 0 aliphatic rings. The third-order valence-corrected chi connectivity index (χ3v) is 2.70. The molecular weight excluding hydrogens is 240 g/mol. The van der Waals surface area contributed by atoms with Crippen LogP contribution in [0.2, 0.25) is 0 Å². The predicted molar refractivity (Wildman–Crippen MR) is 76.8 cm³/mol. The summed E-state index contributed by atoms with van der Waals surface area (Å²) in [5, 5.41) is 0. The summed E-state index contributed by atoms with van der Waals surface area (Å²) in [7, 11) is 0. The summed E-state index contributed by atoms with van der Waals surface area (Å²) in [5.41, 5.74) is 0.644. The maximum absolute atomic E-state index is 12.4. The number of carbonyl (C=O) groups excluding carboxylic acids is 1. The van der Waals surface area contributed by atoms with Gasteiger partial charge in [0.25, 0.3) is 0 Å². The number of hydrogen-bond acceptors (Lipinski definition) is 3. The Balaban J connectivity index is 2.91. The fraction of sp³-hybridized carbons (Fsp3) is 0.562. The Labute approximate surface area is 115 Å². The molecule has 3 nitrogen and oxygen atoms in total. The Morgan fingerprint density at radius 2 is 1.89 bits per heavy atom. The van der Waals surface area contributed by atoms with Crippen molar-refractivity contribution in [2.75, 3.05) is 6.61 Å². The molecule has 3 heteroatoms. The number of carbonyl (C=O) groups is 1. The third kappa shape index (κ3) is 4.67. The molecule has 0 fully saturated rings. The molecule has 0 radical (unpaired) electrons. The molecule has 0 heterocycles. The highest BCUT2D eigenvalue weighted by atomic mass is 16.5. The number of ether oxygens (including phenoxy) is 2. The summed E-state index contributed by atoms with van der Waals surface area (Å²) in [6, 6.07) is 7.30. The maximum Gasteiger partial charge on any atom is 0.191 e. The van der Waals surface area contributed by atoms with Gasteiger partial charge in [-0.25, -0.2) is 0 Å². The zero-order valence-electron chi connectivity index (χ0n) is 12.5. The highest BCUT2D eigenvalue weighted by molar-refractivity contribution is 6.00. The molecule has 0 aliphatic heterocycles. The van der Waals surface area contributed by atoms with Gasteiger partial charge in [-0.15, -0.1) is 0 Å². The fourth-order valence-electron chi connectivity index (χ4n) is 1.91. The minimum Gasteiger partial charge on any atom is -0.491 e. The van der Waals surface area contributed by atoms with Crippen molar-refractivity contribution < 1.29 is 14.3 Å². The maximum atomic E-state index is 12.4. The van der Waals surface area contributed by atoms with Gasteiger partial charge in [-0.2, -0.15) is 0 Å². The molecule has 1 atom stereocenters. The van der Waals surface area contributed by atoms with Gasteiger partial charge in [-0.3, -0.25) is 4.79 Å².